The quantitative estimate of drug-likeness (QED) is 0.577. The molecule has 2 aliphatic rings. The van der Waals surface area contributed by atoms with Gasteiger partial charge in [0.05, 0.1) is 12.0 Å². The molecule has 0 radical (unpaired) electrons. The Hall–Kier alpha value is -2.99. The van der Waals surface area contributed by atoms with E-state index in [1.807, 2.05) is 60.7 Å². The number of amides is 3. The first-order valence-corrected chi connectivity index (χ1v) is 12.4. The molecule has 4 rings (SSSR count). The summed E-state index contributed by atoms with van der Waals surface area (Å²) in [7, 11) is 0. The van der Waals surface area contributed by atoms with Crippen LogP contribution < -0.4 is 0 Å². The van der Waals surface area contributed by atoms with Crippen molar-refractivity contribution in [3.63, 3.8) is 0 Å². The second-order valence-electron chi connectivity index (χ2n) is 9.64. The average Bonchev–Trinajstić information content (AvgIpc) is 3.10. The van der Waals surface area contributed by atoms with E-state index in [0.717, 1.165) is 31.2 Å². The van der Waals surface area contributed by atoms with Gasteiger partial charge in [0, 0.05) is 32.5 Å². The van der Waals surface area contributed by atoms with E-state index in [9.17, 15) is 19.5 Å². The van der Waals surface area contributed by atoms with E-state index >= 15 is 0 Å². The Morgan fingerprint density at radius 1 is 0.971 bits per heavy atom. The van der Waals surface area contributed by atoms with Crippen molar-refractivity contribution in [1.29, 1.82) is 0 Å². The summed E-state index contributed by atoms with van der Waals surface area (Å²) >= 11 is 0. The Labute approximate surface area is 201 Å². The van der Waals surface area contributed by atoms with Gasteiger partial charge in [-0.15, -0.1) is 0 Å². The summed E-state index contributed by atoms with van der Waals surface area (Å²) in [5, 5.41) is 9.60. The Morgan fingerprint density at radius 3 is 2.26 bits per heavy atom. The van der Waals surface area contributed by atoms with Crippen LogP contribution in [0, 0.1) is 5.92 Å². The molecule has 34 heavy (non-hydrogen) atoms. The van der Waals surface area contributed by atoms with E-state index in [-0.39, 0.29) is 43.7 Å². The summed E-state index contributed by atoms with van der Waals surface area (Å²) < 4.78 is 0. The molecule has 0 spiro atoms. The van der Waals surface area contributed by atoms with Crippen molar-refractivity contribution in [3.8, 4) is 0 Å². The molecule has 1 aliphatic heterocycles. The predicted octanol–water partition coefficient (Wildman–Crippen LogP) is 3.67. The number of benzene rings is 2. The number of carbonyl (C=O) groups is 3. The highest BCUT2D eigenvalue weighted by Gasteiger charge is 2.54. The van der Waals surface area contributed by atoms with E-state index in [4.69, 9.17) is 0 Å². The van der Waals surface area contributed by atoms with Crippen LogP contribution in [-0.4, -0.2) is 52.3 Å². The van der Waals surface area contributed by atoms with Crippen LogP contribution in [0.4, 0.5) is 0 Å². The number of aliphatic hydroxyl groups is 1. The minimum Gasteiger partial charge on any atom is -0.395 e. The maximum absolute atomic E-state index is 13.9. The normalized spacial score (nSPS) is 21.1. The first-order valence-electron chi connectivity index (χ1n) is 12.4. The van der Waals surface area contributed by atoms with Crippen molar-refractivity contribution < 1.29 is 19.5 Å². The number of hydrogen-bond donors (Lipinski definition) is 1. The zero-order chi connectivity index (χ0) is 24.0. The maximum atomic E-state index is 13.9. The van der Waals surface area contributed by atoms with Crippen LogP contribution in [0.3, 0.4) is 0 Å². The minimum absolute atomic E-state index is 0.00656. The predicted molar refractivity (Wildman–Crippen MR) is 130 cm³/mol. The maximum Gasteiger partial charge on any atom is 0.240 e. The van der Waals surface area contributed by atoms with Crippen LogP contribution in [0.15, 0.2) is 60.7 Å². The third kappa shape index (κ3) is 5.22. The third-order valence-electron chi connectivity index (χ3n) is 7.29. The lowest BCUT2D eigenvalue weighted by Crippen LogP contribution is -2.45. The summed E-state index contributed by atoms with van der Waals surface area (Å²) in [6.07, 6.45) is 5.48. The lowest BCUT2D eigenvalue weighted by atomic mass is 9.75. The number of aliphatic hydroxyl groups excluding tert-OH is 1. The van der Waals surface area contributed by atoms with Gasteiger partial charge in [-0.05, 0) is 29.9 Å². The van der Waals surface area contributed by atoms with Gasteiger partial charge in [0.2, 0.25) is 17.7 Å². The Morgan fingerprint density at radius 2 is 1.62 bits per heavy atom. The molecule has 1 saturated carbocycles. The van der Waals surface area contributed by atoms with Gasteiger partial charge in [-0.1, -0.05) is 79.9 Å². The summed E-state index contributed by atoms with van der Waals surface area (Å²) in [5.41, 5.74) is 0.455. The Bertz CT molecular complexity index is 988. The number of hydrogen-bond acceptors (Lipinski definition) is 4. The molecule has 0 unspecified atom stereocenters. The summed E-state index contributed by atoms with van der Waals surface area (Å²) in [5.74, 6) is -0.342. The number of imide groups is 1. The average molecular weight is 463 g/mol. The van der Waals surface area contributed by atoms with Gasteiger partial charge in [0.1, 0.15) is 0 Å². The monoisotopic (exact) mass is 462 g/mol. The van der Waals surface area contributed by atoms with Crippen molar-refractivity contribution in [2.45, 2.75) is 56.9 Å². The molecule has 6 heteroatoms. The van der Waals surface area contributed by atoms with Gasteiger partial charge in [-0.3, -0.25) is 19.3 Å². The molecule has 1 heterocycles. The molecule has 1 atom stereocenters. The second kappa shape index (κ2) is 11.0. The number of likely N-dealkylation sites (tertiary alicyclic amines) is 1. The van der Waals surface area contributed by atoms with Gasteiger partial charge in [-0.2, -0.15) is 0 Å². The smallest absolute Gasteiger partial charge is 0.240 e. The molecular formula is C28H34N2O4. The largest absolute Gasteiger partial charge is 0.395 e. The van der Waals surface area contributed by atoms with Crippen LogP contribution in [0.25, 0.3) is 0 Å². The van der Waals surface area contributed by atoms with Gasteiger partial charge in [-0.25, -0.2) is 0 Å². The molecule has 2 aromatic rings. The van der Waals surface area contributed by atoms with Gasteiger partial charge < -0.3 is 10.0 Å². The molecule has 180 valence electrons. The molecular weight excluding hydrogens is 428 g/mol. The molecule has 2 fully saturated rings. The number of carbonyl (C=O) groups excluding carboxylic acids is 3. The Kier molecular flexibility index (Phi) is 7.78. The van der Waals surface area contributed by atoms with E-state index in [0.29, 0.717) is 24.6 Å². The van der Waals surface area contributed by atoms with Crippen molar-refractivity contribution in [2.75, 3.05) is 19.7 Å². The number of rotatable bonds is 9. The van der Waals surface area contributed by atoms with Crippen molar-refractivity contribution >= 4 is 17.7 Å². The second-order valence-corrected chi connectivity index (χ2v) is 9.64. The number of nitrogens with zero attached hydrogens (tertiary/aromatic N) is 2. The van der Waals surface area contributed by atoms with Crippen LogP contribution >= 0.6 is 0 Å². The summed E-state index contributed by atoms with van der Waals surface area (Å²) in [6.45, 7) is 0.800. The standard InChI is InChI=1S/C28H34N2O4/c31-17-16-29(20-22-10-4-1-5-11-22)25(32)18-28(24-14-8-3-9-15-24)19-26(33)30(27(28)34)21-23-12-6-2-7-13-23/h1,3-5,8-11,14-15,23,31H,2,6-7,12-13,16-21H2/t28-/m0/s1. The Balaban J connectivity index is 1.60. The molecule has 1 N–H and O–H groups in total. The molecule has 2 aromatic carbocycles. The van der Waals surface area contributed by atoms with E-state index in [1.165, 1.54) is 11.3 Å². The first-order chi connectivity index (χ1) is 16.5. The van der Waals surface area contributed by atoms with Crippen molar-refractivity contribution in [1.82, 2.24) is 9.80 Å². The molecule has 6 nitrogen and oxygen atoms in total. The molecule has 1 saturated heterocycles. The van der Waals surface area contributed by atoms with Crippen LogP contribution in [0.5, 0.6) is 0 Å². The first kappa shape index (κ1) is 24.1. The van der Waals surface area contributed by atoms with E-state index < -0.39 is 5.41 Å². The lowest BCUT2D eigenvalue weighted by Gasteiger charge is -2.31. The van der Waals surface area contributed by atoms with Crippen molar-refractivity contribution in [3.05, 3.63) is 71.8 Å². The molecule has 0 aromatic heterocycles. The topological polar surface area (TPSA) is 77.9 Å². The summed E-state index contributed by atoms with van der Waals surface area (Å²) in [6, 6.07) is 18.8. The van der Waals surface area contributed by atoms with Crippen LogP contribution in [0.2, 0.25) is 0 Å². The third-order valence-corrected chi connectivity index (χ3v) is 7.29. The zero-order valence-corrected chi connectivity index (χ0v) is 19.7. The fourth-order valence-corrected chi connectivity index (χ4v) is 5.42. The van der Waals surface area contributed by atoms with Gasteiger partial charge >= 0.3 is 0 Å². The highest BCUT2D eigenvalue weighted by atomic mass is 16.3. The van der Waals surface area contributed by atoms with Gasteiger partial charge in [0.25, 0.3) is 0 Å². The summed E-state index contributed by atoms with van der Waals surface area (Å²) in [4.78, 5) is 43.6. The fraction of sp³-hybridized carbons (Fsp3) is 0.464. The van der Waals surface area contributed by atoms with E-state index in [1.54, 1.807) is 4.90 Å². The van der Waals surface area contributed by atoms with Crippen molar-refractivity contribution in [2.24, 2.45) is 5.92 Å². The highest BCUT2D eigenvalue weighted by Crippen LogP contribution is 2.41. The SMILES string of the molecule is O=C(C[C@@]1(c2ccccc2)CC(=O)N(CC2CCCCC2)C1=O)N(CCO)Cc1ccccc1. The molecule has 0 bridgehead atoms. The zero-order valence-electron chi connectivity index (χ0n) is 19.7. The van der Waals surface area contributed by atoms with Crippen LogP contribution in [0.1, 0.15) is 56.1 Å². The molecule has 3 amide bonds. The van der Waals surface area contributed by atoms with E-state index in [2.05, 4.69) is 0 Å². The van der Waals surface area contributed by atoms with Gasteiger partial charge in [0.15, 0.2) is 0 Å². The molecule has 1 aliphatic carbocycles. The lowest BCUT2D eigenvalue weighted by molar-refractivity contribution is -0.143. The highest BCUT2D eigenvalue weighted by molar-refractivity contribution is 6.10. The van der Waals surface area contributed by atoms with Crippen LogP contribution in [-0.2, 0) is 26.3 Å². The minimum atomic E-state index is -1.20. The fourth-order valence-electron chi connectivity index (χ4n) is 5.42.